The van der Waals surface area contributed by atoms with E-state index in [0.29, 0.717) is 0 Å². The Balaban J connectivity index is 2.19. The number of hydrogen-bond donors (Lipinski definition) is 2. The van der Waals surface area contributed by atoms with Crippen LogP contribution in [-0.4, -0.2) is 17.9 Å². The van der Waals surface area contributed by atoms with Crippen LogP contribution in [0.15, 0.2) is 91.0 Å². The van der Waals surface area contributed by atoms with E-state index in [1.807, 2.05) is 91.0 Å². The van der Waals surface area contributed by atoms with Crippen molar-refractivity contribution in [2.75, 3.05) is 0 Å². The SMILES string of the molecule is NC(=O)C[C@H](N)C(=O)OC(c1ccccc1)(c1ccccc1)c1ccccc1. The van der Waals surface area contributed by atoms with E-state index < -0.39 is 23.5 Å². The average molecular weight is 374 g/mol. The molecule has 1 amide bonds. The van der Waals surface area contributed by atoms with Crippen molar-refractivity contribution in [2.45, 2.75) is 18.1 Å². The molecule has 5 heteroatoms. The maximum absolute atomic E-state index is 12.9. The highest BCUT2D eigenvalue weighted by molar-refractivity contribution is 5.84. The molecule has 3 aromatic carbocycles. The third-order valence-electron chi connectivity index (χ3n) is 4.52. The molecule has 0 radical (unpaired) electrons. The van der Waals surface area contributed by atoms with Crippen molar-refractivity contribution in [2.24, 2.45) is 11.5 Å². The first kappa shape index (κ1) is 19.3. The van der Waals surface area contributed by atoms with Gasteiger partial charge in [0.1, 0.15) is 6.04 Å². The Hall–Kier alpha value is -3.44. The summed E-state index contributed by atoms with van der Waals surface area (Å²) in [5.74, 6) is -1.36. The average Bonchev–Trinajstić information content (AvgIpc) is 2.73. The van der Waals surface area contributed by atoms with E-state index in [4.69, 9.17) is 16.2 Å². The largest absolute Gasteiger partial charge is 0.443 e. The zero-order chi connectivity index (χ0) is 20.0. The number of amides is 1. The van der Waals surface area contributed by atoms with Crippen molar-refractivity contribution in [1.82, 2.24) is 0 Å². The number of ether oxygens (including phenoxy) is 1. The summed E-state index contributed by atoms with van der Waals surface area (Å²) in [5, 5.41) is 0. The van der Waals surface area contributed by atoms with Crippen LogP contribution >= 0.6 is 0 Å². The van der Waals surface area contributed by atoms with Crippen LogP contribution in [0.4, 0.5) is 0 Å². The maximum Gasteiger partial charge on any atom is 0.325 e. The Kier molecular flexibility index (Phi) is 5.87. The molecule has 0 spiro atoms. The van der Waals surface area contributed by atoms with Gasteiger partial charge in [-0.3, -0.25) is 9.59 Å². The monoisotopic (exact) mass is 374 g/mol. The second-order valence-corrected chi connectivity index (χ2v) is 6.48. The Morgan fingerprint density at radius 3 is 1.43 bits per heavy atom. The normalized spacial score (nSPS) is 12.2. The summed E-state index contributed by atoms with van der Waals surface area (Å²) in [6.07, 6.45) is -0.284. The Labute approximate surface area is 163 Å². The van der Waals surface area contributed by atoms with Crippen LogP contribution in [0.3, 0.4) is 0 Å². The predicted molar refractivity (Wildman–Crippen MR) is 107 cm³/mol. The lowest BCUT2D eigenvalue weighted by Crippen LogP contribution is -2.43. The summed E-state index contributed by atoms with van der Waals surface area (Å²) >= 11 is 0. The lowest BCUT2D eigenvalue weighted by molar-refractivity contribution is -0.156. The van der Waals surface area contributed by atoms with Crippen molar-refractivity contribution in [3.63, 3.8) is 0 Å². The van der Waals surface area contributed by atoms with Crippen molar-refractivity contribution in [3.8, 4) is 0 Å². The van der Waals surface area contributed by atoms with E-state index >= 15 is 0 Å². The van der Waals surface area contributed by atoms with Gasteiger partial charge in [0.2, 0.25) is 5.91 Å². The third kappa shape index (κ3) is 3.94. The number of nitrogens with two attached hydrogens (primary N) is 2. The fraction of sp³-hybridized carbons (Fsp3) is 0.130. The van der Waals surface area contributed by atoms with Gasteiger partial charge in [-0.2, -0.15) is 0 Å². The highest BCUT2D eigenvalue weighted by atomic mass is 16.6. The van der Waals surface area contributed by atoms with Gasteiger partial charge in [-0.05, 0) is 0 Å². The molecule has 0 saturated heterocycles. The van der Waals surface area contributed by atoms with E-state index in [1.165, 1.54) is 0 Å². The van der Waals surface area contributed by atoms with Gasteiger partial charge in [0, 0.05) is 16.7 Å². The molecule has 5 nitrogen and oxygen atoms in total. The molecule has 3 aromatic rings. The van der Waals surface area contributed by atoms with Crippen LogP contribution in [0, 0.1) is 0 Å². The molecule has 0 aliphatic rings. The summed E-state index contributed by atoms with van der Waals surface area (Å²) in [6.45, 7) is 0. The molecule has 0 aliphatic heterocycles. The molecule has 0 saturated carbocycles. The van der Waals surface area contributed by atoms with Crippen LogP contribution in [0.25, 0.3) is 0 Å². The molecule has 0 aromatic heterocycles. The Morgan fingerprint density at radius 1 is 0.750 bits per heavy atom. The molecule has 0 bridgehead atoms. The molecule has 0 aliphatic carbocycles. The molecule has 28 heavy (non-hydrogen) atoms. The van der Waals surface area contributed by atoms with Crippen LogP contribution in [0.1, 0.15) is 23.1 Å². The van der Waals surface area contributed by atoms with Crippen molar-refractivity contribution in [1.29, 1.82) is 0 Å². The van der Waals surface area contributed by atoms with Gasteiger partial charge in [0.05, 0.1) is 6.42 Å². The summed E-state index contributed by atoms with van der Waals surface area (Å²) < 4.78 is 6.09. The van der Waals surface area contributed by atoms with Gasteiger partial charge in [-0.15, -0.1) is 0 Å². The lowest BCUT2D eigenvalue weighted by Gasteiger charge is -2.36. The number of primary amides is 1. The minimum Gasteiger partial charge on any atom is -0.443 e. The molecule has 0 heterocycles. The van der Waals surface area contributed by atoms with Crippen molar-refractivity contribution >= 4 is 11.9 Å². The number of carbonyl (C=O) groups is 2. The molecule has 4 N–H and O–H groups in total. The smallest absolute Gasteiger partial charge is 0.325 e. The Morgan fingerprint density at radius 2 is 1.11 bits per heavy atom. The van der Waals surface area contributed by atoms with Gasteiger partial charge in [-0.1, -0.05) is 91.0 Å². The minimum atomic E-state index is -1.21. The van der Waals surface area contributed by atoms with Gasteiger partial charge in [-0.25, -0.2) is 0 Å². The Bertz CT molecular complexity index is 831. The molecule has 142 valence electrons. The summed E-state index contributed by atoms with van der Waals surface area (Å²) in [5.41, 5.74) is 12.2. The van der Waals surface area contributed by atoms with Crippen LogP contribution < -0.4 is 11.5 Å². The van der Waals surface area contributed by atoms with Gasteiger partial charge < -0.3 is 16.2 Å². The van der Waals surface area contributed by atoms with Gasteiger partial charge >= 0.3 is 5.97 Å². The number of carbonyl (C=O) groups excluding carboxylic acids is 2. The third-order valence-corrected chi connectivity index (χ3v) is 4.52. The first-order valence-electron chi connectivity index (χ1n) is 8.97. The second kappa shape index (κ2) is 8.50. The molecule has 0 fully saturated rings. The van der Waals surface area contributed by atoms with E-state index in [1.54, 1.807) is 0 Å². The highest BCUT2D eigenvalue weighted by Crippen LogP contribution is 2.40. The van der Waals surface area contributed by atoms with Crippen LogP contribution in [-0.2, 0) is 19.9 Å². The standard InChI is InChI=1S/C23H22N2O3/c24-20(16-21(25)26)22(27)28-23(17-10-4-1-5-11-17,18-12-6-2-7-13-18)19-14-8-3-9-15-19/h1-15,20H,16,24H2,(H2,25,26)/t20-/m0/s1. The summed E-state index contributed by atoms with van der Waals surface area (Å²) in [4.78, 5) is 24.1. The fourth-order valence-corrected chi connectivity index (χ4v) is 3.22. The minimum absolute atomic E-state index is 0.284. The number of rotatable bonds is 7. The first-order chi connectivity index (χ1) is 13.5. The second-order valence-electron chi connectivity index (χ2n) is 6.48. The maximum atomic E-state index is 12.9. The van der Waals surface area contributed by atoms with Crippen molar-refractivity contribution < 1.29 is 14.3 Å². The molecule has 3 rings (SSSR count). The lowest BCUT2D eigenvalue weighted by atomic mass is 9.80. The van der Waals surface area contributed by atoms with E-state index in [0.717, 1.165) is 16.7 Å². The molecule has 0 unspecified atom stereocenters. The van der Waals surface area contributed by atoms with E-state index in [9.17, 15) is 9.59 Å². The van der Waals surface area contributed by atoms with Crippen LogP contribution in [0.2, 0.25) is 0 Å². The van der Waals surface area contributed by atoms with E-state index in [-0.39, 0.29) is 6.42 Å². The molecule has 1 atom stereocenters. The van der Waals surface area contributed by atoms with Crippen LogP contribution in [0.5, 0.6) is 0 Å². The van der Waals surface area contributed by atoms with Crippen molar-refractivity contribution in [3.05, 3.63) is 108 Å². The number of benzene rings is 3. The predicted octanol–water partition coefficient (Wildman–Crippen LogP) is 2.72. The highest BCUT2D eigenvalue weighted by Gasteiger charge is 2.41. The first-order valence-corrected chi connectivity index (χ1v) is 8.97. The van der Waals surface area contributed by atoms with E-state index in [2.05, 4.69) is 0 Å². The van der Waals surface area contributed by atoms with Gasteiger partial charge in [0.15, 0.2) is 5.60 Å². The summed E-state index contributed by atoms with van der Waals surface area (Å²) in [7, 11) is 0. The summed E-state index contributed by atoms with van der Waals surface area (Å²) in [6, 6.07) is 27.2. The molecular weight excluding hydrogens is 352 g/mol. The molecular formula is C23H22N2O3. The number of esters is 1. The number of hydrogen-bond acceptors (Lipinski definition) is 4. The quantitative estimate of drug-likeness (QED) is 0.491. The zero-order valence-corrected chi connectivity index (χ0v) is 15.3. The van der Waals surface area contributed by atoms with Gasteiger partial charge in [0.25, 0.3) is 0 Å². The zero-order valence-electron chi connectivity index (χ0n) is 15.3. The topological polar surface area (TPSA) is 95.4 Å². The fourth-order valence-electron chi connectivity index (χ4n) is 3.22.